The van der Waals surface area contributed by atoms with Crippen molar-refractivity contribution in [2.24, 2.45) is 10.9 Å². The summed E-state index contributed by atoms with van der Waals surface area (Å²) in [4.78, 5) is 33.0. The zero-order valence-electron chi connectivity index (χ0n) is 15.6. The Morgan fingerprint density at radius 2 is 2.11 bits per heavy atom. The zero-order valence-corrected chi connectivity index (χ0v) is 15.6. The van der Waals surface area contributed by atoms with Crippen LogP contribution in [0.1, 0.15) is 37.0 Å². The van der Waals surface area contributed by atoms with Gasteiger partial charge in [-0.25, -0.2) is 4.98 Å². The molecule has 1 unspecified atom stereocenters. The van der Waals surface area contributed by atoms with Gasteiger partial charge >= 0.3 is 0 Å². The van der Waals surface area contributed by atoms with Crippen LogP contribution < -0.4 is 10.6 Å². The second-order valence-corrected chi connectivity index (χ2v) is 6.89. The lowest BCUT2D eigenvalue weighted by atomic mass is 9.90. The number of carbonyl (C=O) groups is 2. The van der Waals surface area contributed by atoms with Crippen molar-refractivity contribution in [3.63, 3.8) is 0 Å². The Morgan fingerprint density at radius 1 is 1.26 bits per heavy atom. The molecule has 3 rings (SSSR count). The molecule has 140 valence electrons. The van der Waals surface area contributed by atoms with Gasteiger partial charge in [-0.15, -0.1) is 0 Å². The van der Waals surface area contributed by atoms with Crippen molar-refractivity contribution in [1.29, 1.82) is 0 Å². The fourth-order valence-electron chi connectivity index (χ4n) is 2.96. The van der Waals surface area contributed by atoms with Crippen LogP contribution in [-0.4, -0.2) is 35.6 Å². The number of carbonyl (C=O) groups excluding carboxylic acids is 2. The first-order chi connectivity index (χ1) is 13.0. The maximum atomic E-state index is 12.7. The van der Waals surface area contributed by atoms with Gasteiger partial charge in [0.25, 0.3) is 5.91 Å². The fourth-order valence-corrected chi connectivity index (χ4v) is 2.96. The van der Waals surface area contributed by atoms with Gasteiger partial charge in [-0.2, -0.15) is 0 Å². The number of amides is 2. The van der Waals surface area contributed by atoms with Crippen LogP contribution in [0.4, 0.5) is 5.82 Å². The van der Waals surface area contributed by atoms with Crippen LogP contribution >= 0.6 is 0 Å². The van der Waals surface area contributed by atoms with Gasteiger partial charge in [0, 0.05) is 23.9 Å². The molecule has 2 amide bonds. The number of nitrogens with zero attached hydrogens (tertiary/aromatic N) is 2. The molecule has 1 aromatic rings. The average molecular weight is 364 g/mol. The number of rotatable bonds is 5. The topological polar surface area (TPSA) is 83.5 Å². The Morgan fingerprint density at radius 3 is 2.85 bits per heavy atom. The van der Waals surface area contributed by atoms with E-state index in [4.69, 9.17) is 0 Å². The molecule has 0 spiro atoms. The molecule has 6 nitrogen and oxygen atoms in total. The lowest BCUT2D eigenvalue weighted by Gasteiger charge is -2.25. The second-order valence-electron chi connectivity index (χ2n) is 6.89. The molecule has 0 saturated carbocycles. The summed E-state index contributed by atoms with van der Waals surface area (Å²) >= 11 is 0. The van der Waals surface area contributed by atoms with Crippen LogP contribution in [0.25, 0.3) is 0 Å². The third-order valence-corrected chi connectivity index (χ3v) is 4.51. The summed E-state index contributed by atoms with van der Waals surface area (Å²) in [5.74, 6) is -0.129. The van der Waals surface area contributed by atoms with Gasteiger partial charge in [0.15, 0.2) is 0 Å². The summed E-state index contributed by atoms with van der Waals surface area (Å²) in [6.45, 7) is 4.12. The molecule has 0 fully saturated rings. The quantitative estimate of drug-likeness (QED) is 0.842. The Labute approximate surface area is 159 Å². The van der Waals surface area contributed by atoms with Gasteiger partial charge in [-0.1, -0.05) is 32.1 Å². The summed E-state index contributed by atoms with van der Waals surface area (Å²) in [6.07, 6.45) is 13.5. The predicted molar refractivity (Wildman–Crippen MR) is 107 cm³/mol. The van der Waals surface area contributed by atoms with Crippen molar-refractivity contribution in [3.8, 4) is 0 Å². The third kappa shape index (κ3) is 4.78. The number of allylic oxidation sites excluding steroid dienone is 4. The third-order valence-electron chi connectivity index (χ3n) is 4.51. The van der Waals surface area contributed by atoms with E-state index >= 15 is 0 Å². The molecule has 0 bridgehead atoms. The number of hydrogen-bond donors (Lipinski definition) is 2. The Hall–Kier alpha value is -3.02. The van der Waals surface area contributed by atoms with Crippen molar-refractivity contribution < 1.29 is 9.59 Å². The van der Waals surface area contributed by atoms with Crippen molar-refractivity contribution >= 4 is 23.8 Å². The average Bonchev–Trinajstić information content (AvgIpc) is 2.69. The molecule has 6 heteroatoms. The molecular formula is C21H24N4O2. The molecule has 2 aliphatic rings. The molecule has 1 aliphatic carbocycles. The van der Waals surface area contributed by atoms with E-state index in [1.165, 1.54) is 11.8 Å². The van der Waals surface area contributed by atoms with Crippen molar-refractivity contribution in [2.45, 2.75) is 32.7 Å². The lowest BCUT2D eigenvalue weighted by molar-refractivity contribution is -0.118. The van der Waals surface area contributed by atoms with Gasteiger partial charge in [-0.05, 0) is 42.2 Å². The van der Waals surface area contributed by atoms with E-state index in [0.717, 1.165) is 18.4 Å². The molecule has 0 radical (unpaired) electrons. The number of aliphatic imine (C=N–C) groups is 1. The SMILES string of the molecule is CC(C)C(=O)Nc1cc(C(=O)NC2CN=CC=C2C2=CC=CCC2)ccn1. The maximum Gasteiger partial charge on any atom is 0.252 e. The lowest BCUT2D eigenvalue weighted by Crippen LogP contribution is -2.40. The highest BCUT2D eigenvalue weighted by Crippen LogP contribution is 2.24. The van der Waals surface area contributed by atoms with E-state index in [2.05, 4.69) is 38.8 Å². The number of anilines is 1. The standard InChI is InChI=1S/C21H24N4O2/c1-14(2)20(26)25-19-12-16(8-11-23-19)21(27)24-18-13-22-10-9-17(18)15-6-4-3-5-7-15/h3-4,6,8-12,14,18H,5,7,13H2,1-2H3,(H,24,27)(H,23,25,26). The largest absolute Gasteiger partial charge is 0.343 e. The number of pyridine rings is 1. The van der Waals surface area contributed by atoms with E-state index in [1.54, 1.807) is 32.2 Å². The van der Waals surface area contributed by atoms with Crippen LogP contribution in [-0.2, 0) is 4.79 Å². The molecule has 1 aliphatic heterocycles. The highest BCUT2D eigenvalue weighted by Gasteiger charge is 2.22. The second kappa shape index (κ2) is 8.58. The first kappa shape index (κ1) is 18.8. The van der Waals surface area contributed by atoms with Crippen LogP contribution in [0.5, 0.6) is 0 Å². The molecule has 2 heterocycles. The van der Waals surface area contributed by atoms with Crippen molar-refractivity contribution in [3.05, 3.63) is 59.3 Å². The number of nitrogens with one attached hydrogen (secondary N) is 2. The van der Waals surface area contributed by atoms with E-state index in [1.807, 2.05) is 6.08 Å². The monoisotopic (exact) mass is 364 g/mol. The van der Waals surface area contributed by atoms with Crippen molar-refractivity contribution in [1.82, 2.24) is 10.3 Å². The molecule has 1 aromatic heterocycles. The Balaban J connectivity index is 1.72. The fraction of sp³-hybridized carbons (Fsp3) is 0.333. The van der Waals surface area contributed by atoms with E-state index in [0.29, 0.717) is 17.9 Å². The minimum atomic E-state index is -0.211. The van der Waals surface area contributed by atoms with Gasteiger partial charge in [0.05, 0.1) is 12.6 Å². The highest BCUT2D eigenvalue weighted by molar-refractivity contribution is 5.97. The summed E-state index contributed by atoms with van der Waals surface area (Å²) < 4.78 is 0. The number of dihydropyridines is 1. The zero-order chi connectivity index (χ0) is 19.2. The number of hydrogen-bond acceptors (Lipinski definition) is 4. The minimum absolute atomic E-state index is 0.135. The summed E-state index contributed by atoms with van der Waals surface area (Å²) in [7, 11) is 0. The first-order valence-electron chi connectivity index (χ1n) is 9.18. The molecule has 27 heavy (non-hydrogen) atoms. The first-order valence-corrected chi connectivity index (χ1v) is 9.18. The molecule has 2 N–H and O–H groups in total. The number of aromatic nitrogens is 1. The summed E-state index contributed by atoms with van der Waals surface area (Å²) in [5, 5.41) is 5.78. The van der Waals surface area contributed by atoms with Crippen molar-refractivity contribution in [2.75, 3.05) is 11.9 Å². The molecule has 1 atom stereocenters. The van der Waals surface area contributed by atoms with Crippen LogP contribution in [0.3, 0.4) is 0 Å². The van der Waals surface area contributed by atoms with Crippen LogP contribution in [0.2, 0.25) is 0 Å². The smallest absolute Gasteiger partial charge is 0.252 e. The Kier molecular flexibility index (Phi) is 5.96. The van der Waals surface area contributed by atoms with E-state index in [9.17, 15) is 9.59 Å². The molecule has 0 saturated heterocycles. The van der Waals surface area contributed by atoms with Gasteiger partial charge in [0.1, 0.15) is 5.82 Å². The van der Waals surface area contributed by atoms with Gasteiger partial charge < -0.3 is 10.6 Å². The van der Waals surface area contributed by atoms with Gasteiger partial charge in [0.2, 0.25) is 5.91 Å². The predicted octanol–water partition coefficient (Wildman–Crippen LogP) is 3.06. The highest BCUT2D eigenvalue weighted by atomic mass is 16.2. The maximum absolute atomic E-state index is 12.7. The Bertz CT molecular complexity index is 849. The van der Waals surface area contributed by atoms with Gasteiger partial charge in [-0.3, -0.25) is 14.6 Å². The van der Waals surface area contributed by atoms with Crippen LogP contribution in [0, 0.1) is 5.92 Å². The normalized spacial score (nSPS) is 18.7. The molecular weight excluding hydrogens is 340 g/mol. The van der Waals surface area contributed by atoms with E-state index in [-0.39, 0.29) is 23.8 Å². The summed E-state index contributed by atoms with van der Waals surface area (Å²) in [5.41, 5.74) is 2.79. The minimum Gasteiger partial charge on any atom is -0.343 e. The van der Waals surface area contributed by atoms with Crippen LogP contribution in [0.15, 0.2) is 58.8 Å². The molecule has 0 aromatic carbocycles. The summed E-state index contributed by atoms with van der Waals surface area (Å²) in [6, 6.07) is 3.06. The van der Waals surface area contributed by atoms with E-state index < -0.39 is 0 Å².